The molecule has 2 atom stereocenters. The summed E-state index contributed by atoms with van der Waals surface area (Å²) in [4.78, 5) is 2.66. The average molecular weight is 212 g/mol. The molecule has 1 heterocycles. The lowest BCUT2D eigenvalue weighted by Crippen LogP contribution is -2.44. The molecule has 1 saturated heterocycles. The molecule has 1 rings (SSSR count). The molecule has 0 aromatic carbocycles. The molecule has 1 aliphatic heterocycles. The lowest BCUT2D eigenvalue weighted by molar-refractivity contribution is 0.132. The van der Waals surface area contributed by atoms with Gasteiger partial charge in [-0.1, -0.05) is 27.2 Å². The van der Waals surface area contributed by atoms with Crippen LogP contribution in [0.2, 0.25) is 0 Å². The summed E-state index contributed by atoms with van der Waals surface area (Å²) in [6, 6.07) is 1.34. The van der Waals surface area contributed by atoms with Crippen molar-refractivity contribution in [3.05, 3.63) is 0 Å². The number of nitrogens with zero attached hydrogens (tertiary/aromatic N) is 1. The average Bonchev–Trinajstić information content (AvgIpc) is 2.26. The summed E-state index contributed by atoms with van der Waals surface area (Å²) < 4.78 is 0. The monoisotopic (exact) mass is 212 g/mol. The van der Waals surface area contributed by atoms with E-state index >= 15 is 0 Å². The minimum atomic E-state index is 0.612. The second-order valence-corrected chi connectivity index (χ2v) is 5.38. The van der Waals surface area contributed by atoms with Crippen molar-refractivity contribution in [2.45, 2.75) is 59.0 Å². The van der Waals surface area contributed by atoms with E-state index in [1.807, 2.05) is 0 Å². The first-order valence-corrected chi connectivity index (χ1v) is 6.58. The zero-order valence-electron chi connectivity index (χ0n) is 10.9. The van der Waals surface area contributed by atoms with Crippen LogP contribution >= 0.6 is 0 Å². The predicted octanol–water partition coefficient (Wildman–Crippen LogP) is 2.49. The van der Waals surface area contributed by atoms with E-state index in [1.54, 1.807) is 0 Å². The van der Waals surface area contributed by atoms with Gasteiger partial charge in [0.15, 0.2) is 0 Å². The van der Waals surface area contributed by atoms with Gasteiger partial charge in [-0.2, -0.15) is 0 Å². The molecule has 0 spiro atoms. The lowest BCUT2D eigenvalue weighted by atomic mass is 9.99. The Bertz CT molecular complexity index is 162. The van der Waals surface area contributed by atoms with Gasteiger partial charge < -0.3 is 10.2 Å². The van der Waals surface area contributed by atoms with Gasteiger partial charge in [-0.05, 0) is 45.3 Å². The fraction of sp³-hybridized carbons (Fsp3) is 1.00. The standard InChI is InChI=1S/C13H28N2/c1-11(2)14-10-12(3)13(4)15-8-6-5-7-9-15/h11-14H,5-10H2,1-4H3. The van der Waals surface area contributed by atoms with Crippen molar-refractivity contribution in [3.8, 4) is 0 Å². The van der Waals surface area contributed by atoms with Gasteiger partial charge in [0.05, 0.1) is 0 Å². The molecule has 2 unspecified atom stereocenters. The van der Waals surface area contributed by atoms with Gasteiger partial charge >= 0.3 is 0 Å². The third kappa shape index (κ3) is 4.52. The van der Waals surface area contributed by atoms with Crippen LogP contribution in [0.5, 0.6) is 0 Å². The first-order valence-electron chi connectivity index (χ1n) is 6.58. The maximum absolute atomic E-state index is 3.54. The molecule has 1 N–H and O–H groups in total. The molecule has 90 valence electrons. The summed E-state index contributed by atoms with van der Waals surface area (Å²) in [5.74, 6) is 0.755. The summed E-state index contributed by atoms with van der Waals surface area (Å²) in [5, 5.41) is 3.54. The minimum absolute atomic E-state index is 0.612. The summed E-state index contributed by atoms with van der Waals surface area (Å²) in [6.07, 6.45) is 4.23. The van der Waals surface area contributed by atoms with Gasteiger partial charge in [0.2, 0.25) is 0 Å². The van der Waals surface area contributed by atoms with Crippen molar-refractivity contribution in [1.29, 1.82) is 0 Å². The quantitative estimate of drug-likeness (QED) is 0.753. The summed E-state index contributed by atoms with van der Waals surface area (Å²) in [6.45, 7) is 13.0. The van der Waals surface area contributed by atoms with E-state index < -0.39 is 0 Å². The van der Waals surface area contributed by atoms with Crippen LogP contribution in [0.4, 0.5) is 0 Å². The van der Waals surface area contributed by atoms with Crippen molar-refractivity contribution < 1.29 is 0 Å². The molecule has 0 saturated carbocycles. The van der Waals surface area contributed by atoms with Crippen molar-refractivity contribution in [1.82, 2.24) is 10.2 Å². The van der Waals surface area contributed by atoms with Gasteiger partial charge in [-0.3, -0.25) is 0 Å². The van der Waals surface area contributed by atoms with E-state index in [2.05, 4.69) is 37.9 Å². The molecule has 0 aromatic rings. The molecule has 2 nitrogen and oxygen atoms in total. The van der Waals surface area contributed by atoms with Crippen LogP contribution in [0.25, 0.3) is 0 Å². The second kappa shape index (κ2) is 6.49. The van der Waals surface area contributed by atoms with Crippen LogP contribution in [0.15, 0.2) is 0 Å². The van der Waals surface area contributed by atoms with Crippen LogP contribution in [0.3, 0.4) is 0 Å². The highest BCUT2D eigenvalue weighted by Gasteiger charge is 2.21. The molecule has 1 fully saturated rings. The Morgan fingerprint density at radius 1 is 1.00 bits per heavy atom. The molecule has 0 radical (unpaired) electrons. The van der Waals surface area contributed by atoms with Gasteiger partial charge in [0.25, 0.3) is 0 Å². The first kappa shape index (κ1) is 13.0. The molecule has 0 aromatic heterocycles. The van der Waals surface area contributed by atoms with E-state index in [-0.39, 0.29) is 0 Å². The fourth-order valence-corrected chi connectivity index (χ4v) is 2.28. The topological polar surface area (TPSA) is 15.3 Å². The third-order valence-corrected chi connectivity index (χ3v) is 3.64. The van der Waals surface area contributed by atoms with Crippen LogP contribution < -0.4 is 5.32 Å². The number of nitrogens with one attached hydrogen (secondary N) is 1. The van der Waals surface area contributed by atoms with Gasteiger partial charge in [0, 0.05) is 12.1 Å². The van der Waals surface area contributed by atoms with Crippen molar-refractivity contribution in [2.24, 2.45) is 5.92 Å². The van der Waals surface area contributed by atoms with E-state index in [1.165, 1.54) is 32.4 Å². The van der Waals surface area contributed by atoms with E-state index in [0.29, 0.717) is 6.04 Å². The van der Waals surface area contributed by atoms with E-state index in [4.69, 9.17) is 0 Å². The van der Waals surface area contributed by atoms with Gasteiger partial charge in [0.1, 0.15) is 0 Å². The Morgan fingerprint density at radius 3 is 2.13 bits per heavy atom. The molecule has 0 amide bonds. The highest BCUT2D eigenvalue weighted by Crippen LogP contribution is 2.16. The van der Waals surface area contributed by atoms with Crippen LogP contribution in [-0.4, -0.2) is 36.6 Å². The van der Waals surface area contributed by atoms with Crippen LogP contribution in [-0.2, 0) is 0 Å². The maximum Gasteiger partial charge on any atom is 0.0105 e. The van der Waals surface area contributed by atoms with Crippen molar-refractivity contribution in [2.75, 3.05) is 19.6 Å². The zero-order chi connectivity index (χ0) is 11.3. The maximum atomic E-state index is 3.54. The molecule has 15 heavy (non-hydrogen) atoms. The predicted molar refractivity (Wildman–Crippen MR) is 67.2 cm³/mol. The largest absolute Gasteiger partial charge is 0.314 e. The van der Waals surface area contributed by atoms with E-state index in [0.717, 1.165) is 18.5 Å². The number of hydrogen-bond acceptors (Lipinski definition) is 2. The van der Waals surface area contributed by atoms with E-state index in [9.17, 15) is 0 Å². The Hall–Kier alpha value is -0.0800. The lowest BCUT2D eigenvalue weighted by Gasteiger charge is -2.36. The molecule has 1 aliphatic rings. The fourth-order valence-electron chi connectivity index (χ4n) is 2.28. The minimum Gasteiger partial charge on any atom is -0.314 e. The van der Waals surface area contributed by atoms with Crippen LogP contribution in [0, 0.1) is 5.92 Å². The smallest absolute Gasteiger partial charge is 0.0105 e. The second-order valence-electron chi connectivity index (χ2n) is 5.38. The summed E-state index contributed by atoms with van der Waals surface area (Å²) >= 11 is 0. The highest BCUT2D eigenvalue weighted by molar-refractivity contribution is 4.77. The van der Waals surface area contributed by atoms with Crippen molar-refractivity contribution in [3.63, 3.8) is 0 Å². The summed E-state index contributed by atoms with van der Waals surface area (Å²) in [5.41, 5.74) is 0. The van der Waals surface area contributed by atoms with Gasteiger partial charge in [-0.15, -0.1) is 0 Å². The Balaban J connectivity index is 2.27. The zero-order valence-corrected chi connectivity index (χ0v) is 10.9. The molecule has 2 heteroatoms. The first-order chi connectivity index (χ1) is 7.11. The Morgan fingerprint density at radius 2 is 1.60 bits per heavy atom. The number of piperidine rings is 1. The number of likely N-dealkylation sites (tertiary alicyclic amines) is 1. The molecule has 0 aliphatic carbocycles. The number of hydrogen-bond donors (Lipinski definition) is 1. The van der Waals surface area contributed by atoms with Crippen LogP contribution in [0.1, 0.15) is 47.0 Å². The Labute approximate surface area is 95.4 Å². The summed E-state index contributed by atoms with van der Waals surface area (Å²) in [7, 11) is 0. The molecular formula is C13H28N2. The highest BCUT2D eigenvalue weighted by atomic mass is 15.2. The molecule has 0 bridgehead atoms. The van der Waals surface area contributed by atoms with Gasteiger partial charge in [-0.25, -0.2) is 0 Å². The molecular weight excluding hydrogens is 184 g/mol. The Kier molecular flexibility index (Phi) is 5.62. The third-order valence-electron chi connectivity index (χ3n) is 3.64. The number of rotatable bonds is 5. The van der Waals surface area contributed by atoms with Crippen molar-refractivity contribution >= 4 is 0 Å². The normalized spacial score (nSPS) is 23.0. The SMILES string of the molecule is CC(C)NCC(C)C(C)N1CCCCC1.